The highest BCUT2D eigenvalue weighted by molar-refractivity contribution is 8.00. The monoisotopic (exact) mass is 356 g/mol. The predicted molar refractivity (Wildman–Crippen MR) is 102 cm³/mol. The van der Waals surface area contributed by atoms with E-state index in [9.17, 15) is 4.79 Å². The van der Waals surface area contributed by atoms with Gasteiger partial charge in [0.15, 0.2) is 0 Å². The number of thioether (sulfide) groups is 1. The van der Waals surface area contributed by atoms with Crippen LogP contribution in [-0.4, -0.2) is 31.6 Å². The second kappa shape index (κ2) is 10.2. The molecule has 0 fully saturated rings. The van der Waals surface area contributed by atoms with Crippen molar-refractivity contribution in [3.8, 4) is 11.5 Å². The predicted octanol–water partition coefficient (Wildman–Crippen LogP) is 3.50. The number of nitrogens with one attached hydrogen (secondary N) is 1. The van der Waals surface area contributed by atoms with E-state index in [1.165, 1.54) is 18.0 Å². The lowest BCUT2D eigenvalue weighted by Gasteiger charge is -2.09. The van der Waals surface area contributed by atoms with E-state index in [4.69, 9.17) is 9.47 Å². The first-order chi connectivity index (χ1) is 12.2. The summed E-state index contributed by atoms with van der Waals surface area (Å²) < 4.78 is 10.8. The third kappa shape index (κ3) is 6.35. The molecule has 0 radical (unpaired) electrons. The summed E-state index contributed by atoms with van der Waals surface area (Å²) in [6.45, 7) is 4.01. The smallest absolute Gasteiger partial charge is 0.250 e. The van der Waals surface area contributed by atoms with Crippen LogP contribution in [0.15, 0.2) is 71.2 Å². The molecule has 2 aromatic rings. The van der Waals surface area contributed by atoms with Crippen LogP contribution < -0.4 is 14.9 Å². The molecule has 1 amide bonds. The van der Waals surface area contributed by atoms with Crippen LogP contribution in [0.3, 0.4) is 0 Å². The normalized spacial score (nSPS) is 10.4. The number of hydrogen-bond acceptors (Lipinski definition) is 5. The van der Waals surface area contributed by atoms with Crippen molar-refractivity contribution in [2.45, 2.75) is 4.90 Å². The molecular formula is C19H20N2O3S. The summed E-state index contributed by atoms with van der Waals surface area (Å²) in [6.07, 6.45) is 3.19. The van der Waals surface area contributed by atoms with E-state index in [1.807, 2.05) is 30.3 Å². The molecule has 0 saturated carbocycles. The number of nitrogens with zero attached hydrogens (tertiary/aromatic N) is 1. The highest BCUT2D eigenvalue weighted by Gasteiger charge is 2.05. The van der Waals surface area contributed by atoms with Crippen molar-refractivity contribution in [2.75, 3.05) is 19.5 Å². The molecule has 0 saturated heterocycles. The molecule has 0 bridgehead atoms. The number of hydrazone groups is 1. The van der Waals surface area contributed by atoms with Gasteiger partial charge in [0.05, 0.1) is 19.1 Å². The fraction of sp³-hybridized carbons (Fsp3) is 0.158. The molecule has 0 atom stereocenters. The summed E-state index contributed by atoms with van der Waals surface area (Å²) >= 11 is 1.45. The molecule has 130 valence electrons. The minimum atomic E-state index is -0.179. The number of rotatable bonds is 9. The summed E-state index contributed by atoms with van der Waals surface area (Å²) in [4.78, 5) is 12.9. The van der Waals surface area contributed by atoms with Crippen LogP contribution in [0.2, 0.25) is 0 Å². The van der Waals surface area contributed by atoms with Crippen molar-refractivity contribution in [1.29, 1.82) is 0 Å². The molecule has 0 aliphatic rings. The van der Waals surface area contributed by atoms with Gasteiger partial charge in [-0.15, -0.1) is 11.8 Å². The Balaban J connectivity index is 1.93. The van der Waals surface area contributed by atoms with Crippen molar-refractivity contribution in [3.63, 3.8) is 0 Å². The molecule has 6 heteroatoms. The molecule has 0 aliphatic heterocycles. The van der Waals surface area contributed by atoms with Gasteiger partial charge in [-0.25, -0.2) is 5.43 Å². The Kier molecular flexibility index (Phi) is 7.59. The third-order valence-corrected chi connectivity index (χ3v) is 4.09. The molecule has 0 unspecified atom stereocenters. The van der Waals surface area contributed by atoms with E-state index in [-0.39, 0.29) is 5.91 Å². The minimum Gasteiger partial charge on any atom is -0.497 e. The number of carbonyl (C=O) groups excluding carboxylic acids is 1. The van der Waals surface area contributed by atoms with E-state index in [1.54, 1.807) is 31.4 Å². The average Bonchev–Trinajstić information content (AvgIpc) is 2.66. The zero-order valence-corrected chi connectivity index (χ0v) is 14.8. The lowest BCUT2D eigenvalue weighted by molar-refractivity contribution is -0.118. The number of amides is 1. The van der Waals surface area contributed by atoms with Gasteiger partial charge in [0.1, 0.15) is 18.1 Å². The standard InChI is InChI=1S/C19H20N2O3S/c1-3-11-24-18-10-9-16(23-2)12-15(18)13-20-21-19(22)14-25-17-7-5-4-6-8-17/h3-10,12-13H,1,11,14H2,2H3,(H,21,22)/b20-13+. The maximum atomic E-state index is 11.9. The fourth-order valence-corrected chi connectivity index (χ4v) is 2.62. The SMILES string of the molecule is C=CCOc1ccc(OC)cc1/C=N/NC(=O)CSc1ccccc1. The van der Waals surface area contributed by atoms with Gasteiger partial charge < -0.3 is 9.47 Å². The van der Waals surface area contributed by atoms with E-state index in [2.05, 4.69) is 17.1 Å². The first kappa shape index (κ1) is 18.6. The molecule has 25 heavy (non-hydrogen) atoms. The largest absolute Gasteiger partial charge is 0.497 e. The first-order valence-electron chi connectivity index (χ1n) is 7.64. The maximum absolute atomic E-state index is 11.9. The second-order valence-electron chi connectivity index (χ2n) is 4.90. The van der Waals surface area contributed by atoms with Crippen LogP contribution in [0.1, 0.15) is 5.56 Å². The molecule has 0 spiro atoms. The Hall–Kier alpha value is -2.73. The van der Waals surface area contributed by atoms with Gasteiger partial charge in [-0.3, -0.25) is 4.79 Å². The van der Waals surface area contributed by atoms with Gasteiger partial charge in [-0.2, -0.15) is 5.10 Å². The average molecular weight is 356 g/mol. The molecule has 0 aliphatic carbocycles. The van der Waals surface area contributed by atoms with Gasteiger partial charge in [-0.1, -0.05) is 30.9 Å². The van der Waals surface area contributed by atoms with E-state index < -0.39 is 0 Å². The van der Waals surface area contributed by atoms with Gasteiger partial charge >= 0.3 is 0 Å². The van der Waals surface area contributed by atoms with Crippen LogP contribution in [-0.2, 0) is 4.79 Å². The Morgan fingerprint density at radius 1 is 1.28 bits per heavy atom. The van der Waals surface area contributed by atoms with E-state index in [0.717, 1.165) is 4.90 Å². The Bertz CT molecular complexity index is 733. The Morgan fingerprint density at radius 2 is 2.08 bits per heavy atom. The molecular weight excluding hydrogens is 336 g/mol. The highest BCUT2D eigenvalue weighted by atomic mass is 32.2. The van der Waals surface area contributed by atoms with Gasteiger partial charge in [0.25, 0.3) is 0 Å². The summed E-state index contributed by atoms with van der Waals surface area (Å²) in [6, 6.07) is 15.1. The van der Waals surface area contributed by atoms with Gasteiger partial charge in [-0.05, 0) is 30.3 Å². The van der Waals surface area contributed by atoms with Crippen LogP contribution in [0.25, 0.3) is 0 Å². The zero-order valence-electron chi connectivity index (χ0n) is 14.0. The summed E-state index contributed by atoms with van der Waals surface area (Å²) in [7, 11) is 1.59. The summed E-state index contributed by atoms with van der Waals surface area (Å²) in [5.41, 5.74) is 3.22. The molecule has 0 aromatic heterocycles. The quantitative estimate of drug-likeness (QED) is 0.323. The van der Waals surface area contributed by atoms with Crippen LogP contribution >= 0.6 is 11.8 Å². The first-order valence-corrected chi connectivity index (χ1v) is 8.63. The Morgan fingerprint density at radius 3 is 2.80 bits per heavy atom. The van der Waals surface area contributed by atoms with Crippen molar-refractivity contribution >= 4 is 23.9 Å². The second-order valence-corrected chi connectivity index (χ2v) is 5.95. The molecule has 5 nitrogen and oxygen atoms in total. The molecule has 2 rings (SSSR count). The van der Waals surface area contributed by atoms with Crippen LogP contribution in [0.5, 0.6) is 11.5 Å². The highest BCUT2D eigenvalue weighted by Crippen LogP contribution is 2.22. The summed E-state index contributed by atoms with van der Waals surface area (Å²) in [5, 5.41) is 4.00. The number of methoxy groups -OCH3 is 1. The van der Waals surface area contributed by atoms with Crippen LogP contribution in [0.4, 0.5) is 0 Å². The van der Waals surface area contributed by atoms with Crippen molar-refractivity contribution in [1.82, 2.24) is 5.43 Å². The van der Waals surface area contributed by atoms with Crippen molar-refractivity contribution < 1.29 is 14.3 Å². The van der Waals surface area contributed by atoms with E-state index >= 15 is 0 Å². The maximum Gasteiger partial charge on any atom is 0.250 e. The van der Waals surface area contributed by atoms with E-state index in [0.29, 0.717) is 29.4 Å². The minimum absolute atomic E-state index is 0.179. The molecule has 2 aromatic carbocycles. The molecule has 1 N–H and O–H groups in total. The van der Waals surface area contributed by atoms with Crippen molar-refractivity contribution in [3.05, 3.63) is 66.7 Å². The van der Waals surface area contributed by atoms with Crippen molar-refractivity contribution in [2.24, 2.45) is 5.10 Å². The lowest BCUT2D eigenvalue weighted by atomic mass is 10.2. The topological polar surface area (TPSA) is 59.9 Å². The third-order valence-electron chi connectivity index (χ3n) is 3.08. The van der Waals surface area contributed by atoms with Gasteiger partial charge in [0.2, 0.25) is 5.91 Å². The Labute approximate surface area is 151 Å². The summed E-state index contributed by atoms with van der Waals surface area (Å²) in [5.74, 6) is 1.43. The number of hydrogen-bond donors (Lipinski definition) is 1. The fourth-order valence-electron chi connectivity index (χ4n) is 1.91. The number of benzene rings is 2. The molecule has 0 heterocycles. The van der Waals surface area contributed by atoms with Gasteiger partial charge in [0, 0.05) is 10.5 Å². The number of carbonyl (C=O) groups is 1. The van der Waals surface area contributed by atoms with Crippen LogP contribution in [0, 0.1) is 0 Å². The lowest BCUT2D eigenvalue weighted by Crippen LogP contribution is -2.19. The number of ether oxygens (including phenoxy) is 2. The zero-order chi connectivity index (χ0) is 17.9.